The maximum atomic E-state index is 12.6. The van der Waals surface area contributed by atoms with Crippen LogP contribution in [0.2, 0.25) is 0 Å². The van der Waals surface area contributed by atoms with E-state index in [1.807, 2.05) is 19.2 Å². The molecule has 0 radical (unpaired) electrons. The van der Waals surface area contributed by atoms with Gasteiger partial charge in [0, 0.05) is 30.2 Å². The number of aromatic nitrogens is 2. The molecule has 0 bridgehead atoms. The van der Waals surface area contributed by atoms with E-state index in [9.17, 15) is 14.7 Å². The van der Waals surface area contributed by atoms with Crippen molar-refractivity contribution in [2.75, 3.05) is 13.1 Å². The molecule has 3 rings (SSSR count). The number of thiazole rings is 1. The van der Waals surface area contributed by atoms with Crippen molar-refractivity contribution in [1.82, 2.24) is 14.9 Å². The molecule has 3 heterocycles. The molecular formula is C16H19N3O3S. The number of nitrogens with one attached hydrogen (secondary N) is 1. The van der Waals surface area contributed by atoms with Crippen LogP contribution < -0.4 is 0 Å². The first-order valence-electron chi connectivity index (χ1n) is 7.57. The van der Waals surface area contributed by atoms with Crippen LogP contribution in [0.5, 0.6) is 0 Å². The molecule has 1 saturated heterocycles. The lowest BCUT2D eigenvalue weighted by atomic mass is 9.90. The van der Waals surface area contributed by atoms with Crippen molar-refractivity contribution in [1.29, 1.82) is 0 Å². The predicted molar refractivity (Wildman–Crippen MR) is 87.4 cm³/mol. The van der Waals surface area contributed by atoms with Gasteiger partial charge in [-0.05, 0) is 25.3 Å². The number of H-pyrrole nitrogens is 1. The van der Waals surface area contributed by atoms with Crippen LogP contribution in [0.3, 0.4) is 0 Å². The van der Waals surface area contributed by atoms with Crippen LogP contribution in [0.15, 0.2) is 17.6 Å². The Bertz CT molecular complexity index is 737. The molecule has 0 spiro atoms. The summed E-state index contributed by atoms with van der Waals surface area (Å²) in [6.45, 7) is 4.77. The molecule has 2 N–H and O–H groups in total. The lowest BCUT2D eigenvalue weighted by Crippen LogP contribution is -2.45. The highest BCUT2D eigenvalue weighted by molar-refractivity contribution is 7.09. The van der Waals surface area contributed by atoms with Crippen LogP contribution >= 0.6 is 11.3 Å². The predicted octanol–water partition coefficient (Wildman–Crippen LogP) is 2.63. The van der Waals surface area contributed by atoms with Crippen molar-refractivity contribution in [3.05, 3.63) is 28.3 Å². The first-order valence-corrected chi connectivity index (χ1v) is 8.45. The fraction of sp³-hybridized carbons (Fsp3) is 0.438. The van der Waals surface area contributed by atoms with E-state index in [0.29, 0.717) is 18.7 Å². The summed E-state index contributed by atoms with van der Waals surface area (Å²) in [7, 11) is 0. The van der Waals surface area contributed by atoms with E-state index in [0.717, 1.165) is 16.3 Å². The summed E-state index contributed by atoms with van der Waals surface area (Å²) in [5.41, 5.74) is 2.19. The molecule has 1 amide bonds. The number of hydrogen-bond acceptors (Lipinski definition) is 4. The summed E-state index contributed by atoms with van der Waals surface area (Å²) in [4.78, 5) is 32.9. The highest BCUT2D eigenvalue weighted by Crippen LogP contribution is 2.25. The lowest BCUT2D eigenvalue weighted by molar-refractivity contribution is -0.143. The molecular weight excluding hydrogens is 314 g/mol. The molecule has 0 aromatic carbocycles. The Morgan fingerprint density at radius 3 is 2.87 bits per heavy atom. The average molecular weight is 333 g/mol. The van der Waals surface area contributed by atoms with Gasteiger partial charge >= 0.3 is 5.97 Å². The maximum absolute atomic E-state index is 12.6. The smallest absolute Gasteiger partial charge is 0.308 e. The second kappa shape index (κ2) is 6.16. The lowest BCUT2D eigenvalue weighted by Gasteiger charge is -2.34. The highest BCUT2D eigenvalue weighted by Gasteiger charge is 2.32. The number of amides is 1. The van der Waals surface area contributed by atoms with Gasteiger partial charge in [-0.25, -0.2) is 4.98 Å². The number of carbonyl (C=O) groups is 2. The number of hydrogen-bond donors (Lipinski definition) is 2. The number of carboxylic acids is 1. The zero-order chi connectivity index (χ0) is 16.6. The Labute approximate surface area is 138 Å². The zero-order valence-electron chi connectivity index (χ0n) is 13.1. The van der Waals surface area contributed by atoms with Gasteiger partial charge in [0.15, 0.2) is 0 Å². The van der Waals surface area contributed by atoms with Crippen molar-refractivity contribution in [3.63, 3.8) is 0 Å². The molecule has 2 aromatic heterocycles. The van der Waals surface area contributed by atoms with Gasteiger partial charge in [-0.1, -0.05) is 6.92 Å². The molecule has 0 saturated carbocycles. The van der Waals surface area contributed by atoms with E-state index < -0.39 is 11.9 Å². The number of piperidine rings is 1. The third-order valence-electron chi connectivity index (χ3n) is 4.12. The highest BCUT2D eigenvalue weighted by atomic mass is 32.1. The maximum Gasteiger partial charge on any atom is 0.308 e. The van der Waals surface area contributed by atoms with Gasteiger partial charge in [0.25, 0.3) is 5.91 Å². The number of aliphatic carboxylic acids is 1. The van der Waals surface area contributed by atoms with Crippen molar-refractivity contribution in [2.24, 2.45) is 11.8 Å². The zero-order valence-corrected chi connectivity index (χ0v) is 13.9. The van der Waals surface area contributed by atoms with Gasteiger partial charge in [0.05, 0.1) is 16.6 Å². The van der Waals surface area contributed by atoms with Crippen molar-refractivity contribution in [2.45, 2.75) is 20.3 Å². The third kappa shape index (κ3) is 3.29. The third-order valence-corrected chi connectivity index (χ3v) is 4.90. The minimum Gasteiger partial charge on any atom is -0.481 e. The van der Waals surface area contributed by atoms with Gasteiger partial charge < -0.3 is 15.0 Å². The molecule has 1 fully saturated rings. The van der Waals surface area contributed by atoms with Crippen LogP contribution in [0.1, 0.15) is 28.8 Å². The second-order valence-electron chi connectivity index (χ2n) is 6.14. The number of likely N-dealkylation sites (tertiary alicyclic amines) is 1. The summed E-state index contributed by atoms with van der Waals surface area (Å²) in [6.07, 6.45) is 2.39. The Balaban J connectivity index is 1.77. The van der Waals surface area contributed by atoms with Gasteiger partial charge in [0.2, 0.25) is 0 Å². The van der Waals surface area contributed by atoms with Crippen molar-refractivity contribution < 1.29 is 14.7 Å². The number of rotatable bonds is 3. The first-order chi connectivity index (χ1) is 10.9. The van der Waals surface area contributed by atoms with Crippen LogP contribution in [0, 0.1) is 18.8 Å². The minimum absolute atomic E-state index is 0.152. The summed E-state index contributed by atoms with van der Waals surface area (Å²) < 4.78 is 0. The molecule has 0 aliphatic carbocycles. The largest absolute Gasteiger partial charge is 0.481 e. The van der Waals surface area contributed by atoms with E-state index in [1.165, 1.54) is 0 Å². The first kappa shape index (κ1) is 15.7. The number of nitrogens with zero attached hydrogens (tertiary/aromatic N) is 2. The Hall–Kier alpha value is -2.15. The van der Waals surface area contributed by atoms with Gasteiger partial charge in [-0.3, -0.25) is 9.59 Å². The van der Waals surface area contributed by atoms with Crippen LogP contribution in [-0.4, -0.2) is 44.9 Å². The molecule has 23 heavy (non-hydrogen) atoms. The van der Waals surface area contributed by atoms with Gasteiger partial charge in [0.1, 0.15) is 5.69 Å². The fourth-order valence-corrected chi connectivity index (χ4v) is 3.65. The summed E-state index contributed by atoms with van der Waals surface area (Å²) in [5, 5.41) is 12.2. The average Bonchev–Trinajstić information content (AvgIpc) is 3.14. The van der Waals surface area contributed by atoms with E-state index >= 15 is 0 Å². The Morgan fingerprint density at radius 1 is 1.43 bits per heavy atom. The number of carbonyl (C=O) groups excluding carboxylic acids is 1. The fourth-order valence-electron chi connectivity index (χ4n) is 3.03. The molecule has 2 unspecified atom stereocenters. The van der Waals surface area contributed by atoms with Crippen LogP contribution in [-0.2, 0) is 4.79 Å². The molecule has 1 aliphatic rings. The Kier molecular flexibility index (Phi) is 4.21. The monoisotopic (exact) mass is 333 g/mol. The number of aromatic amines is 1. The Morgan fingerprint density at radius 2 is 2.22 bits per heavy atom. The van der Waals surface area contributed by atoms with Gasteiger partial charge in [-0.2, -0.15) is 0 Å². The summed E-state index contributed by atoms with van der Waals surface area (Å²) in [5.74, 6) is -1.29. The van der Waals surface area contributed by atoms with Crippen molar-refractivity contribution >= 4 is 23.2 Å². The van der Waals surface area contributed by atoms with E-state index in [2.05, 4.69) is 9.97 Å². The minimum atomic E-state index is -0.834. The summed E-state index contributed by atoms with van der Waals surface area (Å²) >= 11 is 1.56. The quantitative estimate of drug-likeness (QED) is 0.904. The summed E-state index contributed by atoms with van der Waals surface area (Å²) in [6, 6.07) is 1.78. The number of aryl methyl sites for hydroxylation is 1. The molecule has 1 aliphatic heterocycles. The van der Waals surface area contributed by atoms with Crippen LogP contribution in [0.4, 0.5) is 0 Å². The second-order valence-corrected chi connectivity index (χ2v) is 7.20. The normalized spacial score (nSPS) is 21.4. The SMILES string of the molecule is Cc1nc(-c2c[nH]c(C(=O)N3CC(C)CC(C(=O)O)C3)c2)cs1. The molecule has 6 nitrogen and oxygen atoms in total. The topological polar surface area (TPSA) is 86.3 Å². The van der Waals surface area contributed by atoms with E-state index in [4.69, 9.17) is 0 Å². The van der Waals surface area contributed by atoms with Gasteiger partial charge in [-0.15, -0.1) is 11.3 Å². The van der Waals surface area contributed by atoms with Crippen LogP contribution in [0.25, 0.3) is 11.3 Å². The molecule has 122 valence electrons. The van der Waals surface area contributed by atoms with E-state index in [-0.39, 0.29) is 18.4 Å². The number of carboxylic acid groups (broad SMARTS) is 1. The van der Waals surface area contributed by atoms with Crippen molar-refractivity contribution in [3.8, 4) is 11.3 Å². The molecule has 2 aromatic rings. The standard InChI is InChI=1S/C16H19N3O3S/c1-9-3-12(16(21)22)7-19(6-9)15(20)13-4-11(5-17-13)14-8-23-10(2)18-14/h4-5,8-9,12,17H,3,6-7H2,1-2H3,(H,21,22). The molecule has 2 atom stereocenters. The van der Waals surface area contributed by atoms with E-state index in [1.54, 1.807) is 28.5 Å². The molecule has 7 heteroatoms.